The predicted molar refractivity (Wildman–Crippen MR) is 55.1 cm³/mol. The highest BCUT2D eigenvalue weighted by Crippen LogP contribution is 2.23. The molecule has 0 saturated heterocycles. The Kier molecular flexibility index (Phi) is 3.15. The second-order valence-electron chi connectivity index (χ2n) is 3.02. The van der Waals surface area contributed by atoms with Gasteiger partial charge in [-0.3, -0.25) is 0 Å². The summed E-state index contributed by atoms with van der Waals surface area (Å²) in [5, 5.41) is 10.5. The number of aryl methyl sites for hydroxylation is 3. The third kappa shape index (κ3) is 2.01. The summed E-state index contributed by atoms with van der Waals surface area (Å²) >= 11 is 3.39. The first-order valence-electron chi connectivity index (χ1n) is 4.00. The average Bonchev–Trinajstić information content (AvgIpc) is 2.01. The molecule has 0 aliphatic heterocycles. The van der Waals surface area contributed by atoms with Crippen molar-refractivity contribution in [1.29, 1.82) is 0 Å². The van der Waals surface area contributed by atoms with Crippen molar-refractivity contribution in [3.05, 3.63) is 28.8 Å². The summed E-state index contributed by atoms with van der Waals surface area (Å²) in [6.45, 7) is 3.86. The molecule has 0 radical (unpaired) electrons. The molecule has 0 aliphatic carbocycles. The molecule has 0 aromatic heterocycles. The van der Waals surface area contributed by atoms with Crippen LogP contribution >= 0.6 is 15.9 Å². The number of aromatic hydroxyl groups is 1. The number of phenolic OH excluding ortho intramolecular Hbond substituents is 1. The molecule has 0 atom stereocenters. The maximum absolute atomic E-state index is 9.49. The van der Waals surface area contributed by atoms with Crippen molar-refractivity contribution in [3.8, 4) is 5.75 Å². The van der Waals surface area contributed by atoms with Crippen molar-refractivity contribution in [3.63, 3.8) is 0 Å². The molecule has 0 aliphatic rings. The third-order valence-corrected chi connectivity index (χ3v) is 2.33. The van der Waals surface area contributed by atoms with Gasteiger partial charge in [0.15, 0.2) is 0 Å². The maximum Gasteiger partial charge on any atom is 0.121 e. The molecule has 66 valence electrons. The Labute approximate surface area is 81.6 Å². The van der Waals surface area contributed by atoms with Crippen molar-refractivity contribution >= 4 is 15.9 Å². The van der Waals surface area contributed by atoms with Gasteiger partial charge in [0.1, 0.15) is 5.75 Å². The quantitative estimate of drug-likeness (QED) is 0.773. The molecular weight excluding hydrogens is 216 g/mol. The van der Waals surface area contributed by atoms with E-state index in [9.17, 15) is 5.11 Å². The van der Waals surface area contributed by atoms with E-state index in [0.29, 0.717) is 5.75 Å². The molecule has 2 heteroatoms. The predicted octanol–water partition coefficient (Wildman–Crippen LogP) is 2.95. The largest absolute Gasteiger partial charge is 0.507 e. The zero-order chi connectivity index (χ0) is 9.14. The summed E-state index contributed by atoms with van der Waals surface area (Å²) in [4.78, 5) is 0. The standard InChI is InChI=1S/C10H13BrO/c1-7-5-9(3-4-11)6-8(2)10(7)12/h5-6,12H,3-4H2,1-2H3. The SMILES string of the molecule is Cc1cc(CCBr)cc(C)c1O. The van der Waals surface area contributed by atoms with E-state index >= 15 is 0 Å². The van der Waals surface area contributed by atoms with E-state index in [1.54, 1.807) is 0 Å². The van der Waals surface area contributed by atoms with Crippen LogP contribution in [-0.4, -0.2) is 10.4 Å². The van der Waals surface area contributed by atoms with Crippen LogP contribution in [-0.2, 0) is 6.42 Å². The van der Waals surface area contributed by atoms with Gasteiger partial charge in [0, 0.05) is 5.33 Å². The fraction of sp³-hybridized carbons (Fsp3) is 0.400. The molecule has 1 rings (SSSR count). The van der Waals surface area contributed by atoms with Crippen LogP contribution in [0.1, 0.15) is 16.7 Å². The van der Waals surface area contributed by atoms with Crippen molar-refractivity contribution in [2.24, 2.45) is 0 Å². The Morgan fingerprint density at radius 1 is 1.25 bits per heavy atom. The summed E-state index contributed by atoms with van der Waals surface area (Å²) in [5.74, 6) is 0.424. The van der Waals surface area contributed by atoms with E-state index in [4.69, 9.17) is 0 Å². The molecule has 1 N–H and O–H groups in total. The second kappa shape index (κ2) is 3.94. The monoisotopic (exact) mass is 228 g/mol. The lowest BCUT2D eigenvalue weighted by molar-refractivity contribution is 0.466. The fourth-order valence-corrected chi connectivity index (χ4v) is 1.76. The Morgan fingerprint density at radius 2 is 1.75 bits per heavy atom. The minimum Gasteiger partial charge on any atom is -0.507 e. The van der Waals surface area contributed by atoms with Gasteiger partial charge >= 0.3 is 0 Å². The zero-order valence-electron chi connectivity index (χ0n) is 7.39. The molecule has 1 nitrogen and oxygen atoms in total. The molecule has 0 saturated carbocycles. The highest BCUT2D eigenvalue weighted by molar-refractivity contribution is 9.09. The Bertz CT molecular complexity index is 258. The lowest BCUT2D eigenvalue weighted by Crippen LogP contribution is -1.89. The van der Waals surface area contributed by atoms with Gasteiger partial charge in [-0.2, -0.15) is 0 Å². The highest BCUT2D eigenvalue weighted by atomic mass is 79.9. The minimum absolute atomic E-state index is 0.424. The summed E-state index contributed by atoms with van der Waals surface area (Å²) in [6.07, 6.45) is 1.02. The normalized spacial score (nSPS) is 10.2. The number of halogens is 1. The first-order valence-corrected chi connectivity index (χ1v) is 5.12. The van der Waals surface area contributed by atoms with Crippen LogP contribution in [0.2, 0.25) is 0 Å². The van der Waals surface area contributed by atoms with Gasteiger partial charge in [-0.05, 0) is 37.0 Å². The Hall–Kier alpha value is -0.500. The molecular formula is C10H13BrO. The molecule has 1 aromatic rings. The van der Waals surface area contributed by atoms with Gasteiger partial charge in [0.25, 0.3) is 0 Å². The van der Waals surface area contributed by atoms with E-state index in [1.807, 2.05) is 26.0 Å². The number of hydrogen-bond acceptors (Lipinski definition) is 1. The topological polar surface area (TPSA) is 20.2 Å². The molecule has 0 bridgehead atoms. The smallest absolute Gasteiger partial charge is 0.121 e. The van der Waals surface area contributed by atoms with Crippen LogP contribution in [0, 0.1) is 13.8 Å². The van der Waals surface area contributed by atoms with Crippen molar-refractivity contribution in [2.45, 2.75) is 20.3 Å². The minimum atomic E-state index is 0.424. The Morgan fingerprint density at radius 3 is 2.17 bits per heavy atom. The van der Waals surface area contributed by atoms with Gasteiger partial charge < -0.3 is 5.11 Å². The lowest BCUT2D eigenvalue weighted by Gasteiger charge is -2.06. The van der Waals surface area contributed by atoms with Gasteiger partial charge in [-0.25, -0.2) is 0 Å². The van der Waals surface area contributed by atoms with Gasteiger partial charge in [0.2, 0.25) is 0 Å². The number of phenols is 1. The number of rotatable bonds is 2. The molecule has 0 heterocycles. The molecule has 1 aromatic carbocycles. The maximum atomic E-state index is 9.49. The molecule has 0 fully saturated rings. The van der Waals surface area contributed by atoms with Crippen molar-refractivity contribution in [1.82, 2.24) is 0 Å². The lowest BCUT2D eigenvalue weighted by atomic mass is 10.0. The van der Waals surface area contributed by atoms with Crippen molar-refractivity contribution < 1.29 is 5.11 Å². The number of benzene rings is 1. The second-order valence-corrected chi connectivity index (χ2v) is 3.81. The number of alkyl halides is 1. The first kappa shape index (κ1) is 9.59. The van der Waals surface area contributed by atoms with Crippen LogP contribution in [0.4, 0.5) is 0 Å². The van der Waals surface area contributed by atoms with E-state index in [0.717, 1.165) is 22.9 Å². The van der Waals surface area contributed by atoms with Crippen LogP contribution in [0.15, 0.2) is 12.1 Å². The van der Waals surface area contributed by atoms with Crippen LogP contribution in [0.25, 0.3) is 0 Å². The van der Waals surface area contributed by atoms with Gasteiger partial charge in [-0.1, -0.05) is 28.1 Å². The molecule has 0 spiro atoms. The van der Waals surface area contributed by atoms with E-state index in [2.05, 4.69) is 15.9 Å². The molecule has 12 heavy (non-hydrogen) atoms. The van der Waals surface area contributed by atoms with E-state index in [-0.39, 0.29) is 0 Å². The molecule has 0 unspecified atom stereocenters. The summed E-state index contributed by atoms with van der Waals surface area (Å²) in [6, 6.07) is 4.06. The summed E-state index contributed by atoms with van der Waals surface area (Å²) < 4.78 is 0. The highest BCUT2D eigenvalue weighted by Gasteiger charge is 2.02. The van der Waals surface area contributed by atoms with Gasteiger partial charge in [0.05, 0.1) is 0 Å². The first-order chi connectivity index (χ1) is 5.65. The molecule has 0 amide bonds. The van der Waals surface area contributed by atoms with E-state index < -0.39 is 0 Å². The average molecular weight is 229 g/mol. The van der Waals surface area contributed by atoms with Crippen molar-refractivity contribution in [2.75, 3.05) is 5.33 Å². The zero-order valence-corrected chi connectivity index (χ0v) is 8.98. The van der Waals surface area contributed by atoms with Gasteiger partial charge in [-0.15, -0.1) is 0 Å². The van der Waals surface area contributed by atoms with Crippen LogP contribution < -0.4 is 0 Å². The Balaban J connectivity index is 3.04. The fourth-order valence-electron chi connectivity index (χ4n) is 1.30. The number of hydrogen-bond donors (Lipinski definition) is 1. The van der Waals surface area contributed by atoms with E-state index in [1.165, 1.54) is 5.56 Å². The van der Waals surface area contributed by atoms with Crippen LogP contribution in [0.3, 0.4) is 0 Å². The van der Waals surface area contributed by atoms with Crippen LogP contribution in [0.5, 0.6) is 5.75 Å². The summed E-state index contributed by atoms with van der Waals surface area (Å²) in [7, 11) is 0. The summed E-state index contributed by atoms with van der Waals surface area (Å²) in [5.41, 5.74) is 3.21. The third-order valence-electron chi connectivity index (χ3n) is 1.93.